The second-order valence-corrected chi connectivity index (χ2v) is 4.71. The second-order valence-electron chi connectivity index (χ2n) is 4.71. The van der Waals surface area contributed by atoms with Gasteiger partial charge in [-0.25, -0.2) is 0 Å². The highest BCUT2D eigenvalue weighted by atomic mass is 16.5. The summed E-state index contributed by atoms with van der Waals surface area (Å²) in [6, 6.07) is 7.00. The van der Waals surface area contributed by atoms with E-state index in [9.17, 15) is 15.0 Å². The maximum absolute atomic E-state index is 12.0. The third-order valence-electron chi connectivity index (χ3n) is 3.19. The van der Waals surface area contributed by atoms with E-state index in [0.29, 0.717) is 25.3 Å². The summed E-state index contributed by atoms with van der Waals surface area (Å²) in [5, 5.41) is 18.9. The maximum atomic E-state index is 12.0. The van der Waals surface area contributed by atoms with E-state index >= 15 is 0 Å². The predicted octanol–water partition coefficient (Wildman–Crippen LogP) is 0.305. The highest BCUT2D eigenvalue weighted by molar-refractivity contribution is 5.97. The largest absolute Gasteiger partial charge is 0.494 e. The number of ketones is 1. The van der Waals surface area contributed by atoms with Gasteiger partial charge in [0.2, 0.25) is 0 Å². The van der Waals surface area contributed by atoms with Gasteiger partial charge in [-0.15, -0.1) is 0 Å². The fourth-order valence-electron chi connectivity index (χ4n) is 2.17. The number of rotatable bonds is 5. The summed E-state index contributed by atoms with van der Waals surface area (Å²) >= 11 is 0. The van der Waals surface area contributed by atoms with Crippen LogP contribution in [0.15, 0.2) is 24.3 Å². The molecule has 1 heterocycles. The summed E-state index contributed by atoms with van der Waals surface area (Å²) in [6.07, 6.45) is -1.51. The molecule has 5 heteroatoms. The Morgan fingerprint density at radius 2 is 1.84 bits per heavy atom. The highest BCUT2D eigenvalue weighted by Crippen LogP contribution is 2.14. The van der Waals surface area contributed by atoms with Gasteiger partial charge in [-0.05, 0) is 31.2 Å². The number of β-amino-alcohol motifs (C(OH)–C–C–N with tert-alkyl or cyclic N) is 2. The van der Waals surface area contributed by atoms with Crippen molar-refractivity contribution in [1.29, 1.82) is 0 Å². The number of benzene rings is 1. The lowest BCUT2D eigenvalue weighted by atomic mass is 10.1. The molecule has 2 unspecified atom stereocenters. The van der Waals surface area contributed by atoms with Gasteiger partial charge in [0.1, 0.15) is 5.75 Å². The van der Waals surface area contributed by atoms with Gasteiger partial charge in [-0.1, -0.05) is 0 Å². The average molecular weight is 265 g/mol. The number of hydrogen-bond donors (Lipinski definition) is 2. The Morgan fingerprint density at radius 3 is 2.37 bits per heavy atom. The molecule has 1 aliphatic heterocycles. The topological polar surface area (TPSA) is 70.0 Å². The Labute approximate surface area is 112 Å². The van der Waals surface area contributed by atoms with Gasteiger partial charge in [-0.2, -0.15) is 0 Å². The molecule has 0 amide bonds. The fourth-order valence-corrected chi connectivity index (χ4v) is 2.17. The van der Waals surface area contributed by atoms with Crippen molar-refractivity contribution in [2.24, 2.45) is 0 Å². The molecule has 1 aromatic rings. The van der Waals surface area contributed by atoms with E-state index in [0.717, 1.165) is 5.75 Å². The van der Waals surface area contributed by atoms with Gasteiger partial charge < -0.3 is 14.9 Å². The number of carbonyl (C=O) groups excluding carboxylic acids is 1. The lowest BCUT2D eigenvalue weighted by molar-refractivity contribution is 0.0572. The summed E-state index contributed by atoms with van der Waals surface area (Å²) in [6.45, 7) is 3.38. The van der Waals surface area contributed by atoms with Crippen LogP contribution in [0.4, 0.5) is 0 Å². The van der Waals surface area contributed by atoms with Crippen molar-refractivity contribution in [1.82, 2.24) is 4.90 Å². The number of carbonyl (C=O) groups is 1. The van der Waals surface area contributed by atoms with Crippen LogP contribution in [0.2, 0.25) is 0 Å². The Kier molecular flexibility index (Phi) is 4.52. The van der Waals surface area contributed by atoms with Crippen molar-refractivity contribution in [3.63, 3.8) is 0 Å². The standard InChI is InChI=1S/C14H19NO4/c1-2-19-11-5-3-10(4-6-11)12(16)7-15-8-13(17)14(18)9-15/h3-6,13-14,17-18H,2,7-9H2,1H3. The first kappa shape index (κ1) is 14.0. The van der Waals surface area contributed by atoms with Crippen LogP contribution in [0.5, 0.6) is 5.75 Å². The molecule has 0 radical (unpaired) electrons. The Morgan fingerprint density at radius 1 is 1.26 bits per heavy atom. The zero-order valence-corrected chi connectivity index (χ0v) is 11.0. The number of likely N-dealkylation sites (tertiary alicyclic amines) is 1. The Bertz CT molecular complexity index is 422. The molecule has 1 saturated heterocycles. The maximum Gasteiger partial charge on any atom is 0.176 e. The van der Waals surface area contributed by atoms with Gasteiger partial charge in [0.15, 0.2) is 5.78 Å². The van der Waals surface area contributed by atoms with E-state index in [2.05, 4.69) is 0 Å². The third-order valence-corrected chi connectivity index (χ3v) is 3.19. The average Bonchev–Trinajstić information content (AvgIpc) is 2.69. The van der Waals surface area contributed by atoms with Gasteiger partial charge in [-0.3, -0.25) is 9.69 Å². The molecule has 19 heavy (non-hydrogen) atoms. The predicted molar refractivity (Wildman–Crippen MR) is 70.4 cm³/mol. The number of aliphatic hydroxyl groups is 2. The minimum atomic E-state index is -0.756. The summed E-state index contributed by atoms with van der Waals surface area (Å²) in [7, 11) is 0. The molecule has 0 aromatic heterocycles. The zero-order valence-electron chi connectivity index (χ0n) is 11.0. The van der Waals surface area contributed by atoms with Crippen molar-refractivity contribution < 1.29 is 19.7 Å². The van der Waals surface area contributed by atoms with E-state index in [-0.39, 0.29) is 12.3 Å². The number of hydrogen-bond acceptors (Lipinski definition) is 5. The highest BCUT2D eigenvalue weighted by Gasteiger charge is 2.30. The molecule has 1 fully saturated rings. The lowest BCUT2D eigenvalue weighted by Crippen LogP contribution is -2.28. The molecule has 2 atom stereocenters. The molecule has 0 saturated carbocycles. The van der Waals surface area contributed by atoms with Crippen LogP contribution in [0.3, 0.4) is 0 Å². The number of nitrogens with zero attached hydrogens (tertiary/aromatic N) is 1. The second kappa shape index (κ2) is 6.14. The Balaban J connectivity index is 1.93. The number of Topliss-reactive ketones (excluding diaryl/α,β-unsaturated/α-hetero) is 1. The first-order valence-electron chi connectivity index (χ1n) is 6.44. The minimum absolute atomic E-state index is 0.0238. The van der Waals surface area contributed by atoms with Crippen molar-refractivity contribution in [2.75, 3.05) is 26.2 Å². The molecular weight excluding hydrogens is 246 g/mol. The molecule has 104 valence electrons. The first-order valence-corrected chi connectivity index (χ1v) is 6.44. The van der Waals surface area contributed by atoms with E-state index in [1.807, 2.05) is 6.92 Å². The van der Waals surface area contributed by atoms with Crippen LogP contribution < -0.4 is 4.74 Å². The molecule has 0 aliphatic carbocycles. The summed E-state index contributed by atoms with van der Waals surface area (Å²) < 4.78 is 5.31. The molecule has 1 aliphatic rings. The van der Waals surface area contributed by atoms with Gasteiger partial charge in [0.25, 0.3) is 0 Å². The monoisotopic (exact) mass is 265 g/mol. The van der Waals surface area contributed by atoms with Crippen molar-refractivity contribution >= 4 is 5.78 Å². The minimum Gasteiger partial charge on any atom is -0.494 e. The van der Waals surface area contributed by atoms with Crippen LogP contribution in [-0.4, -0.2) is 59.3 Å². The summed E-state index contributed by atoms with van der Waals surface area (Å²) in [4.78, 5) is 13.8. The normalized spacial score (nSPS) is 23.5. The quantitative estimate of drug-likeness (QED) is 0.750. The van der Waals surface area contributed by atoms with Crippen LogP contribution in [0.25, 0.3) is 0 Å². The van der Waals surface area contributed by atoms with E-state index in [4.69, 9.17) is 4.74 Å². The Hall–Kier alpha value is -1.43. The number of ether oxygens (including phenoxy) is 1. The van der Waals surface area contributed by atoms with Crippen LogP contribution in [-0.2, 0) is 0 Å². The molecule has 2 N–H and O–H groups in total. The molecular formula is C14H19NO4. The molecule has 1 aromatic carbocycles. The van der Waals surface area contributed by atoms with Gasteiger partial charge in [0.05, 0.1) is 25.4 Å². The third kappa shape index (κ3) is 3.53. The van der Waals surface area contributed by atoms with Gasteiger partial charge in [0, 0.05) is 18.7 Å². The van der Waals surface area contributed by atoms with Gasteiger partial charge >= 0.3 is 0 Å². The number of aliphatic hydroxyl groups excluding tert-OH is 2. The molecule has 5 nitrogen and oxygen atoms in total. The van der Waals surface area contributed by atoms with Crippen molar-refractivity contribution in [3.8, 4) is 5.75 Å². The fraction of sp³-hybridized carbons (Fsp3) is 0.500. The first-order chi connectivity index (χ1) is 9.10. The van der Waals surface area contributed by atoms with Crippen LogP contribution in [0, 0.1) is 0 Å². The smallest absolute Gasteiger partial charge is 0.176 e. The summed E-state index contributed by atoms with van der Waals surface area (Å²) in [5.41, 5.74) is 0.610. The molecule has 0 bridgehead atoms. The summed E-state index contributed by atoms with van der Waals surface area (Å²) in [5.74, 6) is 0.718. The molecule has 2 rings (SSSR count). The van der Waals surface area contributed by atoms with E-state index in [1.54, 1.807) is 29.2 Å². The van der Waals surface area contributed by atoms with Crippen molar-refractivity contribution in [2.45, 2.75) is 19.1 Å². The SMILES string of the molecule is CCOc1ccc(C(=O)CN2CC(O)C(O)C2)cc1. The lowest BCUT2D eigenvalue weighted by Gasteiger charge is -2.13. The zero-order chi connectivity index (χ0) is 13.8. The van der Waals surface area contributed by atoms with Crippen molar-refractivity contribution in [3.05, 3.63) is 29.8 Å². The van der Waals surface area contributed by atoms with E-state index in [1.165, 1.54) is 0 Å². The molecule has 0 spiro atoms. The van der Waals surface area contributed by atoms with Crippen LogP contribution in [0.1, 0.15) is 17.3 Å². The van der Waals surface area contributed by atoms with Crippen LogP contribution >= 0.6 is 0 Å². The van der Waals surface area contributed by atoms with E-state index < -0.39 is 12.2 Å².